The second-order valence-corrected chi connectivity index (χ2v) is 6.83. The molecule has 1 atom stereocenters. The number of aromatic nitrogens is 1. The van der Waals surface area contributed by atoms with Crippen LogP contribution in [0.4, 0.5) is 0 Å². The lowest BCUT2D eigenvalue weighted by molar-refractivity contribution is 0.0878. The number of amides is 1. The highest BCUT2D eigenvalue weighted by Gasteiger charge is 2.30. The van der Waals surface area contributed by atoms with Gasteiger partial charge in [0.05, 0.1) is 11.8 Å². The summed E-state index contributed by atoms with van der Waals surface area (Å²) < 4.78 is 5.32. The number of hydrogen-bond acceptors (Lipinski definition) is 5. The van der Waals surface area contributed by atoms with Crippen molar-refractivity contribution < 1.29 is 9.21 Å². The lowest BCUT2D eigenvalue weighted by Gasteiger charge is -2.33. The van der Waals surface area contributed by atoms with Crippen LogP contribution >= 0.6 is 36.2 Å². The van der Waals surface area contributed by atoms with Crippen molar-refractivity contribution in [1.82, 2.24) is 10.3 Å². The first-order valence-electron chi connectivity index (χ1n) is 6.91. The van der Waals surface area contributed by atoms with E-state index >= 15 is 0 Å². The minimum absolute atomic E-state index is 0. The predicted octanol–water partition coefficient (Wildman–Crippen LogP) is 3.66. The summed E-state index contributed by atoms with van der Waals surface area (Å²) in [6.45, 7) is 8.29. The summed E-state index contributed by atoms with van der Waals surface area (Å²) in [5, 5.41) is 3.72. The van der Waals surface area contributed by atoms with Gasteiger partial charge in [-0.05, 0) is 31.9 Å². The average molecular weight is 380 g/mol. The van der Waals surface area contributed by atoms with Gasteiger partial charge in [-0.2, -0.15) is 0 Å². The molecule has 1 amide bonds. The summed E-state index contributed by atoms with van der Waals surface area (Å²) in [6, 6.07) is 3.63. The van der Waals surface area contributed by atoms with E-state index in [1.807, 2.05) is 33.8 Å². The van der Waals surface area contributed by atoms with E-state index in [9.17, 15) is 4.79 Å². The Morgan fingerprint density at radius 2 is 2.13 bits per heavy atom. The van der Waals surface area contributed by atoms with Crippen molar-refractivity contribution in [1.29, 1.82) is 0 Å². The molecule has 8 heteroatoms. The highest BCUT2D eigenvalue weighted by Crippen LogP contribution is 2.28. The highest BCUT2D eigenvalue weighted by atomic mass is 35.5. The molecule has 0 aliphatic rings. The van der Waals surface area contributed by atoms with Gasteiger partial charge in [0.15, 0.2) is 10.8 Å². The van der Waals surface area contributed by atoms with Crippen LogP contribution in [0.15, 0.2) is 22.8 Å². The Bertz CT molecular complexity index is 629. The molecule has 0 bridgehead atoms. The van der Waals surface area contributed by atoms with Gasteiger partial charge in [0, 0.05) is 11.4 Å². The van der Waals surface area contributed by atoms with Crippen LogP contribution in [-0.2, 0) is 0 Å². The number of aryl methyl sites for hydroxylation is 1. The Balaban J connectivity index is 0.00000242. The first-order chi connectivity index (χ1) is 9.87. The van der Waals surface area contributed by atoms with Crippen molar-refractivity contribution >= 4 is 42.1 Å². The molecule has 0 saturated heterocycles. The van der Waals surface area contributed by atoms with Gasteiger partial charge in [-0.3, -0.25) is 4.79 Å². The number of nitrogens with zero attached hydrogens (tertiary/aromatic N) is 1. The fourth-order valence-electron chi connectivity index (χ4n) is 1.86. The number of thiazole rings is 1. The van der Waals surface area contributed by atoms with Gasteiger partial charge in [-0.15, -0.1) is 36.2 Å². The molecular formula is C15H23Cl2N3O2S. The summed E-state index contributed by atoms with van der Waals surface area (Å²) in [7, 11) is 0. The van der Waals surface area contributed by atoms with Gasteiger partial charge >= 0.3 is 0 Å². The summed E-state index contributed by atoms with van der Waals surface area (Å²) in [4.78, 5) is 17.7. The lowest BCUT2D eigenvalue weighted by atomic mass is 9.88. The maximum atomic E-state index is 12.5. The largest absolute Gasteiger partial charge is 0.462 e. The molecule has 3 N–H and O–H groups in total. The van der Waals surface area contributed by atoms with E-state index < -0.39 is 5.54 Å². The molecule has 0 spiro atoms. The van der Waals surface area contributed by atoms with Crippen molar-refractivity contribution in [2.75, 3.05) is 6.54 Å². The third-order valence-electron chi connectivity index (χ3n) is 3.84. The first kappa shape index (κ1) is 21.9. The summed E-state index contributed by atoms with van der Waals surface area (Å²) in [6.07, 6.45) is 1.59. The summed E-state index contributed by atoms with van der Waals surface area (Å²) in [5.74, 6) is 0.714. The molecule has 23 heavy (non-hydrogen) atoms. The third kappa shape index (κ3) is 4.70. The van der Waals surface area contributed by atoms with E-state index in [0.29, 0.717) is 23.0 Å². The van der Waals surface area contributed by atoms with E-state index in [2.05, 4.69) is 10.3 Å². The molecule has 0 saturated carbocycles. The number of halogens is 2. The number of furan rings is 1. The van der Waals surface area contributed by atoms with Gasteiger partial charge in [0.2, 0.25) is 0 Å². The maximum absolute atomic E-state index is 12.5. The van der Waals surface area contributed by atoms with Gasteiger partial charge in [0.25, 0.3) is 5.91 Å². The van der Waals surface area contributed by atoms with Crippen LogP contribution in [0.1, 0.15) is 36.1 Å². The van der Waals surface area contributed by atoms with Crippen molar-refractivity contribution in [3.63, 3.8) is 0 Å². The molecule has 0 radical (unpaired) electrons. The van der Waals surface area contributed by atoms with Crippen molar-refractivity contribution in [3.8, 4) is 10.8 Å². The molecule has 0 fully saturated rings. The second-order valence-electron chi connectivity index (χ2n) is 5.63. The number of nitrogens with two attached hydrogens (primary N) is 1. The fourth-order valence-corrected chi connectivity index (χ4v) is 2.74. The molecule has 2 aromatic heterocycles. The predicted molar refractivity (Wildman–Crippen MR) is 98.8 cm³/mol. The van der Waals surface area contributed by atoms with Crippen LogP contribution in [0.25, 0.3) is 10.8 Å². The molecule has 2 heterocycles. The zero-order valence-corrected chi connectivity index (χ0v) is 16.0. The van der Waals surface area contributed by atoms with Gasteiger partial charge < -0.3 is 15.5 Å². The Kier molecular flexibility index (Phi) is 8.28. The van der Waals surface area contributed by atoms with Crippen LogP contribution < -0.4 is 11.1 Å². The molecule has 2 rings (SSSR count). The molecule has 0 aliphatic carbocycles. The van der Waals surface area contributed by atoms with E-state index in [1.165, 1.54) is 11.3 Å². The van der Waals surface area contributed by atoms with E-state index in [4.69, 9.17) is 10.2 Å². The second kappa shape index (κ2) is 8.68. The van der Waals surface area contributed by atoms with Crippen molar-refractivity contribution in [3.05, 3.63) is 29.0 Å². The van der Waals surface area contributed by atoms with Crippen LogP contribution in [0, 0.1) is 12.8 Å². The van der Waals surface area contributed by atoms with Gasteiger partial charge in [-0.1, -0.05) is 13.8 Å². The lowest BCUT2D eigenvalue weighted by Crippen LogP contribution is -2.55. The topological polar surface area (TPSA) is 81.2 Å². The van der Waals surface area contributed by atoms with Crippen LogP contribution in [0.5, 0.6) is 0 Å². The fraction of sp³-hybridized carbons (Fsp3) is 0.467. The van der Waals surface area contributed by atoms with Crippen LogP contribution in [-0.4, -0.2) is 23.0 Å². The third-order valence-corrected chi connectivity index (χ3v) is 4.83. The standard InChI is InChI=1S/C15H21N3O2S.2ClH/c1-9(2)15(4,8-16)18-13(19)12-10(3)21-14(17-12)11-6-5-7-20-11;;/h5-7,9H,8,16H2,1-4H3,(H,18,19);2*1H. The quantitative estimate of drug-likeness (QED) is 0.830. The highest BCUT2D eigenvalue weighted by molar-refractivity contribution is 7.15. The number of hydrogen-bond donors (Lipinski definition) is 2. The van der Waals surface area contributed by atoms with Crippen molar-refractivity contribution in [2.45, 2.75) is 33.2 Å². The zero-order chi connectivity index (χ0) is 15.6. The molecule has 0 aliphatic heterocycles. The summed E-state index contributed by atoms with van der Waals surface area (Å²) >= 11 is 1.45. The number of nitrogens with one attached hydrogen (secondary N) is 1. The molecule has 0 aromatic carbocycles. The van der Waals surface area contributed by atoms with Gasteiger partial charge in [-0.25, -0.2) is 4.98 Å². The normalized spacial score (nSPS) is 13.0. The van der Waals surface area contributed by atoms with Crippen molar-refractivity contribution in [2.24, 2.45) is 11.7 Å². The Morgan fingerprint density at radius 1 is 1.48 bits per heavy atom. The zero-order valence-electron chi connectivity index (χ0n) is 13.6. The Hall–Kier alpha value is -1.08. The SMILES string of the molecule is Cc1sc(-c2ccco2)nc1C(=O)NC(C)(CN)C(C)C.Cl.Cl. The maximum Gasteiger partial charge on any atom is 0.271 e. The Labute approximate surface area is 152 Å². The molecule has 5 nitrogen and oxygen atoms in total. The smallest absolute Gasteiger partial charge is 0.271 e. The minimum Gasteiger partial charge on any atom is -0.462 e. The van der Waals surface area contributed by atoms with E-state index in [1.54, 1.807) is 12.3 Å². The van der Waals surface area contributed by atoms with E-state index in [0.717, 1.165) is 4.88 Å². The average Bonchev–Trinajstić information content (AvgIpc) is 3.06. The Morgan fingerprint density at radius 3 is 2.61 bits per heavy atom. The van der Waals surface area contributed by atoms with Gasteiger partial charge in [0.1, 0.15) is 5.69 Å². The molecule has 2 aromatic rings. The molecule has 130 valence electrons. The number of carbonyl (C=O) groups is 1. The first-order valence-corrected chi connectivity index (χ1v) is 7.73. The summed E-state index contributed by atoms with van der Waals surface area (Å²) in [5.41, 5.74) is 5.80. The number of carbonyl (C=O) groups excluding carboxylic acids is 1. The van der Waals surface area contributed by atoms with E-state index in [-0.39, 0.29) is 36.6 Å². The molecular weight excluding hydrogens is 357 g/mol. The monoisotopic (exact) mass is 379 g/mol. The van der Waals surface area contributed by atoms with Crippen LogP contribution in [0.2, 0.25) is 0 Å². The minimum atomic E-state index is -0.446. The van der Waals surface area contributed by atoms with Crippen LogP contribution in [0.3, 0.4) is 0 Å². The number of rotatable bonds is 5. The molecule has 1 unspecified atom stereocenters.